The number of nitrogens with zero attached hydrogens (tertiary/aromatic N) is 1. The van der Waals surface area contributed by atoms with E-state index in [1.165, 1.54) is 0 Å². The van der Waals surface area contributed by atoms with E-state index < -0.39 is 0 Å². The van der Waals surface area contributed by atoms with Crippen LogP contribution in [0.1, 0.15) is 19.6 Å². The summed E-state index contributed by atoms with van der Waals surface area (Å²) in [7, 11) is 2.11. The van der Waals surface area contributed by atoms with Crippen molar-refractivity contribution in [1.82, 2.24) is 10.2 Å². The predicted octanol–water partition coefficient (Wildman–Crippen LogP) is 2.36. The van der Waals surface area contributed by atoms with E-state index in [4.69, 9.17) is 16.0 Å². The lowest BCUT2D eigenvalue weighted by Gasteiger charge is -2.20. The van der Waals surface area contributed by atoms with Gasteiger partial charge in [-0.2, -0.15) is 0 Å². The Bertz CT molecular complexity index is 288. The molecule has 0 radical (unpaired) electrons. The number of hydrogen-bond acceptors (Lipinski definition) is 3. The SMILES string of the molecule is CCN(C)CC(C)NCc1ccc(Cl)o1. The minimum atomic E-state index is 0.443. The molecule has 0 aromatic carbocycles. The van der Waals surface area contributed by atoms with Gasteiger partial charge in [0.2, 0.25) is 0 Å². The van der Waals surface area contributed by atoms with E-state index >= 15 is 0 Å². The van der Waals surface area contributed by atoms with Crippen molar-refractivity contribution in [2.24, 2.45) is 0 Å². The standard InChI is InChI=1S/C11H19ClN2O/c1-4-14(3)8-9(2)13-7-10-5-6-11(12)15-10/h5-6,9,13H,4,7-8H2,1-3H3. The monoisotopic (exact) mass is 230 g/mol. The fraction of sp³-hybridized carbons (Fsp3) is 0.636. The Morgan fingerprint density at radius 1 is 1.53 bits per heavy atom. The molecule has 4 heteroatoms. The smallest absolute Gasteiger partial charge is 0.193 e. The van der Waals surface area contributed by atoms with Gasteiger partial charge >= 0.3 is 0 Å². The second kappa shape index (κ2) is 6.16. The highest BCUT2D eigenvalue weighted by molar-refractivity contribution is 6.28. The van der Waals surface area contributed by atoms with Crippen LogP contribution in [0, 0.1) is 0 Å². The van der Waals surface area contributed by atoms with Crippen LogP contribution in [0.3, 0.4) is 0 Å². The van der Waals surface area contributed by atoms with Crippen LogP contribution >= 0.6 is 11.6 Å². The summed E-state index contributed by atoms with van der Waals surface area (Å²) in [5.41, 5.74) is 0. The van der Waals surface area contributed by atoms with Crippen LogP contribution in [0.25, 0.3) is 0 Å². The van der Waals surface area contributed by atoms with E-state index in [-0.39, 0.29) is 0 Å². The van der Waals surface area contributed by atoms with Gasteiger partial charge < -0.3 is 14.6 Å². The van der Waals surface area contributed by atoms with Crippen molar-refractivity contribution in [3.63, 3.8) is 0 Å². The summed E-state index contributed by atoms with van der Waals surface area (Å²) in [6.45, 7) is 7.14. The van der Waals surface area contributed by atoms with Gasteiger partial charge in [-0.05, 0) is 44.2 Å². The number of likely N-dealkylation sites (N-methyl/N-ethyl adjacent to an activating group) is 1. The minimum Gasteiger partial charge on any atom is -0.448 e. The molecule has 1 heterocycles. The summed E-state index contributed by atoms with van der Waals surface area (Å²) in [6, 6.07) is 4.10. The van der Waals surface area contributed by atoms with Gasteiger partial charge in [0, 0.05) is 12.6 Å². The lowest BCUT2D eigenvalue weighted by Crippen LogP contribution is -2.36. The van der Waals surface area contributed by atoms with Crippen LogP contribution in [0.15, 0.2) is 16.5 Å². The molecule has 0 aliphatic carbocycles. The van der Waals surface area contributed by atoms with E-state index in [2.05, 4.69) is 31.1 Å². The number of rotatable bonds is 6. The molecule has 1 atom stereocenters. The first-order valence-electron chi connectivity index (χ1n) is 5.28. The highest BCUT2D eigenvalue weighted by atomic mass is 35.5. The summed E-state index contributed by atoms with van der Waals surface area (Å²) < 4.78 is 5.25. The molecule has 0 aliphatic heterocycles. The molecule has 3 nitrogen and oxygen atoms in total. The van der Waals surface area contributed by atoms with Gasteiger partial charge in [0.05, 0.1) is 6.54 Å². The maximum absolute atomic E-state index is 5.68. The second-order valence-electron chi connectivity index (χ2n) is 3.84. The Labute approximate surface area is 96.4 Å². The van der Waals surface area contributed by atoms with Crippen LogP contribution in [0.2, 0.25) is 5.22 Å². The van der Waals surface area contributed by atoms with Crippen LogP contribution in [-0.4, -0.2) is 31.1 Å². The summed E-state index contributed by atoms with van der Waals surface area (Å²) in [6.07, 6.45) is 0. The minimum absolute atomic E-state index is 0.443. The van der Waals surface area contributed by atoms with E-state index in [1.54, 1.807) is 6.07 Å². The van der Waals surface area contributed by atoms with Gasteiger partial charge in [0.25, 0.3) is 0 Å². The van der Waals surface area contributed by atoms with Gasteiger partial charge in [0.1, 0.15) is 5.76 Å². The lowest BCUT2D eigenvalue weighted by atomic mass is 10.3. The fourth-order valence-corrected chi connectivity index (χ4v) is 1.54. The highest BCUT2D eigenvalue weighted by Crippen LogP contribution is 2.12. The molecule has 1 aromatic rings. The molecule has 0 aliphatic rings. The number of nitrogens with one attached hydrogen (secondary N) is 1. The number of hydrogen-bond donors (Lipinski definition) is 1. The maximum Gasteiger partial charge on any atom is 0.193 e. The highest BCUT2D eigenvalue weighted by Gasteiger charge is 2.05. The zero-order valence-electron chi connectivity index (χ0n) is 9.59. The largest absolute Gasteiger partial charge is 0.448 e. The van der Waals surface area contributed by atoms with E-state index in [0.29, 0.717) is 11.3 Å². The Kier molecular flexibility index (Phi) is 5.15. The van der Waals surface area contributed by atoms with E-state index in [0.717, 1.165) is 25.4 Å². The molecule has 1 N–H and O–H groups in total. The Balaban J connectivity index is 2.25. The fourth-order valence-electron chi connectivity index (χ4n) is 1.38. The molecule has 0 saturated heterocycles. The average molecular weight is 231 g/mol. The summed E-state index contributed by atoms with van der Waals surface area (Å²) in [5.74, 6) is 0.881. The lowest BCUT2D eigenvalue weighted by molar-refractivity contribution is 0.305. The summed E-state index contributed by atoms with van der Waals surface area (Å²) in [5, 5.41) is 3.83. The normalized spacial score (nSPS) is 13.4. The van der Waals surface area contributed by atoms with Crippen molar-refractivity contribution in [1.29, 1.82) is 0 Å². The van der Waals surface area contributed by atoms with Crippen molar-refractivity contribution < 1.29 is 4.42 Å². The van der Waals surface area contributed by atoms with Crippen molar-refractivity contribution in [2.45, 2.75) is 26.4 Å². The molecule has 0 amide bonds. The first-order chi connectivity index (χ1) is 7.11. The molecular formula is C11H19ClN2O. The van der Waals surface area contributed by atoms with Crippen molar-refractivity contribution in [2.75, 3.05) is 20.1 Å². The third-order valence-electron chi connectivity index (χ3n) is 2.38. The number of halogens is 1. The van der Waals surface area contributed by atoms with Crippen LogP contribution in [-0.2, 0) is 6.54 Å². The Morgan fingerprint density at radius 3 is 2.80 bits per heavy atom. The quantitative estimate of drug-likeness (QED) is 0.814. The van der Waals surface area contributed by atoms with Crippen molar-refractivity contribution >= 4 is 11.6 Å². The average Bonchev–Trinajstić information content (AvgIpc) is 2.61. The molecular weight excluding hydrogens is 212 g/mol. The molecule has 86 valence electrons. The van der Waals surface area contributed by atoms with Crippen molar-refractivity contribution in [3.8, 4) is 0 Å². The maximum atomic E-state index is 5.68. The third-order valence-corrected chi connectivity index (χ3v) is 2.58. The van der Waals surface area contributed by atoms with Crippen LogP contribution in [0.5, 0.6) is 0 Å². The van der Waals surface area contributed by atoms with Gasteiger partial charge in [-0.25, -0.2) is 0 Å². The molecule has 0 bridgehead atoms. The third kappa shape index (κ3) is 4.69. The first kappa shape index (κ1) is 12.6. The summed E-state index contributed by atoms with van der Waals surface area (Å²) in [4.78, 5) is 2.27. The van der Waals surface area contributed by atoms with Gasteiger partial charge in [-0.15, -0.1) is 0 Å². The molecule has 15 heavy (non-hydrogen) atoms. The van der Waals surface area contributed by atoms with Gasteiger partial charge in [-0.1, -0.05) is 6.92 Å². The van der Waals surface area contributed by atoms with Crippen LogP contribution in [0.4, 0.5) is 0 Å². The zero-order chi connectivity index (χ0) is 11.3. The summed E-state index contributed by atoms with van der Waals surface area (Å²) >= 11 is 5.68. The second-order valence-corrected chi connectivity index (χ2v) is 4.22. The number of furan rings is 1. The topological polar surface area (TPSA) is 28.4 Å². The van der Waals surface area contributed by atoms with Gasteiger partial charge in [0.15, 0.2) is 5.22 Å². The first-order valence-corrected chi connectivity index (χ1v) is 5.65. The van der Waals surface area contributed by atoms with Crippen LogP contribution < -0.4 is 5.32 Å². The molecule has 0 saturated carbocycles. The predicted molar refractivity (Wildman–Crippen MR) is 63.2 cm³/mol. The van der Waals surface area contributed by atoms with E-state index in [1.807, 2.05) is 6.07 Å². The Hall–Kier alpha value is -0.510. The molecule has 1 rings (SSSR count). The Morgan fingerprint density at radius 2 is 2.27 bits per heavy atom. The molecule has 1 unspecified atom stereocenters. The molecule has 0 fully saturated rings. The van der Waals surface area contributed by atoms with Gasteiger partial charge in [-0.3, -0.25) is 0 Å². The van der Waals surface area contributed by atoms with E-state index in [9.17, 15) is 0 Å². The molecule has 0 spiro atoms. The zero-order valence-corrected chi connectivity index (χ0v) is 10.3. The molecule has 1 aromatic heterocycles. The van der Waals surface area contributed by atoms with Crippen molar-refractivity contribution in [3.05, 3.63) is 23.1 Å².